The molecule has 3 aromatic rings. The van der Waals surface area contributed by atoms with Crippen LogP contribution in [0.3, 0.4) is 0 Å². The molecule has 0 saturated heterocycles. The third-order valence-electron chi connectivity index (χ3n) is 5.69. The number of hydrogen-bond acceptors (Lipinski definition) is 4. The highest BCUT2D eigenvalue weighted by Crippen LogP contribution is 2.22. The quantitative estimate of drug-likeness (QED) is 0.445. The topological polar surface area (TPSA) is 70.3 Å². The zero-order valence-electron chi connectivity index (χ0n) is 17.2. The predicted octanol–water partition coefficient (Wildman–Crippen LogP) is 3.52. The van der Waals surface area contributed by atoms with Crippen LogP contribution >= 0.6 is 0 Å². The van der Waals surface area contributed by atoms with E-state index in [1.165, 1.54) is 22.1 Å². The standard InChI is InChI=1S/C24H26N2O4/c1-2-13-25-20-9-5-6-10-21(20)26(24(25)29)15-23(28)30-16-22(27)19-12-11-17-7-3-4-8-18(17)14-19/h5-6,9-12,14H,2-4,7-8,13,15-16H2,1H3. The molecule has 0 N–H and O–H groups in total. The van der Waals surface area contributed by atoms with E-state index in [4.69, 9.17) is 4.74 Å². The van der Waals surface area contributed by atoms with Crippen molar-refractivity contribution in [3.8, 4) is 0 Å². The molecule has 0 bridgehead atoms. The van der Waals surface area contributed by atoms with Crippen molar-refractivity contribution in [1.29, 1.82) is 0 Å². The first-order valence-electron chi connectivity index (χ1n) is 10.6. The minimum absolute atomic E-state index is 0.215. The molecule has 1 aromatic heterocycles. The van der Waals surface area contributed by atoms with Gasteiger partial charge >= 0.3 is 11.7 Å². The van der Waals surface area contributed by atoms with Crippen LogP contribution in [0.15, 0.2) is 47.3 Å². The zero-order valence-corrected chi connectivity index (χ0v) is 17.2. The molecular formula is C24H26N2O4. The number of ether oxygens (including phenoxy) is 1. The molecule has 0 radical (unpaired) electrons. The third kappa shape index (κ3) is 3.95. The third-order valence-corrected chi connectivity index (χ3v) is 5.69. The summed E-state index contributed by atoms with van der Waals surface area (Å²) in [5.74, 6) is -0.819. The summed E-state index contributed by atoms with van der Waals surface area (Å²) in [7, 11) is 0. The van der Waals surface area contributed by atoms with Crippen LogP contribution in [0, 0.1) is 0 Å². The Bertz CT molecular complexity index is 1160. The van der Waals surface area contributed by atoms with Crippen LogP contribution < -0.4 is 5.69 Å². The number of para-hydroxylation sites is 2. The summed E-state index contributed by atoms with van der Waals surface area (Å²) in [6.45, 7) is 2.05. The maximum Gasteiger partial charge on any atom is 0.329 e. The van der Waals surface area contributed by atoms with Crippen molar-refractivity contribution >= 4 is 22.8 Å². The monoisotopic (exact) mass is 406 g/mol. The summed E-state index contributed by atoms with van der Waals surface area (Å²) >= 11 is 0. The lowest BCUT2D eigenvalue weighted by Gasteiger charge is -2.16. The number of Topliss-reactive ketones (excluding diaryl/α,β-unsaturated/α-hetero) is 1. The van der Waals surface area contributed by atoms with Crippen molar-refractivity contribution in [3.63, 3.8) is 0 Å². The van der Waals surface area contributed by atoms with E-state index >= 15 is 0 Å². The smallest absolute Gasteiger partial charge is 0.329 e. The Morgan fingerprint density at radius 3 is 2.40 bits per heavy atom. The van der Waals surface area contributed by atoms with Gasteiger partial charge in [0.05, 0.1) is 11.0 Å². The first-order chi connectivity index (χ1) is 14.6. The molecule has 0 fully saturated rings. The van der Waals surface area contributed by atoms with Crippen LogP contribution in [0.1, 0.15) is 47.7 Å². The number of hydrogen-bond donors (Lipinski definition) is 0. The highest BCUT2D eigenvalue weighted by atomic mass is 16.5. The van der Waals surface area contributed by atoms with E-state index in [-0.39, 0.29) is 24.6 Å². The molecule has 0 aliphatic heterocycles. The predicted molar refractivity (Wildman–Crippen MR) is 115 cm³/mol. The van der Waals surface area contributed by atoms with Crippen LogP contribution in [-0.4, -0.2) is 27.5 Å². The molecule has 156 valence electrons. The highest BCUT2D eigenvalue weighted by Gasteiger charge is 2.18. The highest BCUT2D eigenvalue weighted by molar-refractivity contribution is 5.98. The van der Waals surface area contributed by atoms with Crippen molar-refractivity contribution in [3.05, 3.63) is 69.6 Å². The second-order valence-electron chi connectivity index (χ2n) is 7.78. The molecule has 0 amide bonds. The van der Waals surface area contributed by atoms with Crippen molar-refractivity contribution in [2.75, 3.05) is 6.61 Å². The second-order valence-corrected chi connectivity index (χ2v) is 7.78. The van der Waals surface area contributed by atoms with Crippen LogP contribution in [0.5, 0.6) is 0 Å². The summed E-state index contributed by atoms with van der Waals surface area (Å²) in [4.78, 5) is 37.7. The van der Waals surface area contributed by atoms with E-state index in [0.29, 0.717) is 17.6 Å². The van der Waals surface area contributed by atoms with Crippen LogP contribution in [0.25, 0.3) is 11.0 Å². The van der Waals surface area contributed by atoms with Crippen molar-refractivity contribution in [2.24, 2.45) is 0 Å². The maximum atomic E-state index is 12.8. The molecule has 0 unspecified atom stereocenters. The molecular weight excluding hydrogens is 380 g/mol. The fourth-order valence-electron chi connectivity index (χ4n) is 4.18. The Hall–Kier alpha value is -3.15. The van der Waals surface area contributed by atoms with Crippen LogP contribution in [-0.2, 0) is 35.5 Å². The van der Waals surface area contributed by atoms with Gasteiger partial charge in [-0.15, -0.1) is 0 Å². The number of fused-ring (bicyclic) bond motifs is 2. The summed E-state index contributed by atoms with van der Waals surface area (Å²) in [5.41, 5.74) is 4.33. The van der Waals surface area contributed by atoms with E-state index in [0.717, 1.165) is 31.2 Å². The molecule has 1 aliphatic carbocycles. The van der Waals surface area contributed by atoms with E-state index in [1.807, 2.05) is 49.4 Å². The van der Waals surface area contributed by atoms with Gasteiger partial charge in [-0.2, -0.15) is 0 Å². The zero-order chi connectivity index (χ0) is 21.1. The van der Waals surface area contributed by atoms with Gasteiger partial charge in [0.25, 0.3) is 0 Å². The largest absolute Gasteiger partial charge is 0.456 e. The van der Waals surface area contributed by atoms with E-state index in [2.05, 4.69) is 0 Å². The van der Waals surface area contributed by atoms with E-state index in [1.54, 1.807) is 4.57 Å². The summed E-state index contributed by atoms with van der Waals surface area (Å²) in [6.07, 6.45) is 5.18. The molecule has 0 atom stereocenters. The van der Waals surface area contributed by atoms with Crippen molar-refractivity contribution in [1.82, 2.24) is 9.13 Å². The molecule has 1 heterocycles. The Kier molecular flexibility index (Phi) is 5.84. The minimum Gasteiger partial charge on any atom is -0.456 e. The molecule has 6 nitrogen and oxygen atoms in total. The molecule has 0 saturated carbocycles. The Morgan fingerprint density at radius 1 is 0.967 bits per heavy atom. The van der Waals surface area contributed by atoms with Crippen LogP contribution in [0.4, 0.5) is 0 Å². The number of aromatic nitrogens is 2. The van der Waals surface area contributed by atoms with Crippen molar-refractivity contribution in [2.45, 2.75) is 52.1 Å². The lowest BCUT2D eigenvalue weighted by atomic mass is 9.90. The fraction of sp³-hybridized carbons (Fsp3) is 0.375. The number of benzene rings is 2. The molecule has 0 spiro atoms. The average Bonchev–Trinajstić information content (AvgIpc) is 3.03. The van der Waals surface area contributed by atoms with Gasteiger partial charge in [-0.25, -0.2) is 4.79 Å². The van der Waals surface area contributed by atoms with Gasteiger partial charge in [-0.1, -0.05) is 31.2 Å². The van der Waals surface area contributed by atoms with Crippen LogP contribution in [0.2, 0.25) is 0 Å². The Balaban J connectivity index is 1.45. The average molecular weight is 406 g/mol. The molecule has 30 heavy (non-hydrogen) atoms. The van der Waals surface area contributed by atoms with Gasteiger partial charge in [0.1, 0.15) is 6.54 Å². The van der Waals surface area contributed by atoms with Gasteiger partial charge in [0.15, 0.2) is 12.4 Å². The number of aryl methyl sites for hydroxylation is 3. The van der Waals surface area contributed by atoms with Gasteiger partial charge in [0, 0.05) is 12.1 Å². The van der Waals surface area contributed by atoms with E-state index in [9.17, 15) is 14.4 Å². The fourth-order valence-corrected chi connectivity index (χ4v) is 4.18. The van der Waals surface area contributed by atoms with Gasteiger partial charge in [-0.3, -0.25) is 18.7 Å². The minimum atomic E-state index is -0.595. The van der Waals surface area contributed by atoms with Gasteiger partial charge < -0.3 is 4.74 Å². The number of rotatable bonds is 7. The number of ketones is 1. The number of nitrogens with zero attached hydrogens (tertiary/aromatic N) is 2. The Morgan fingerprint density at radius 2 is 1.67 bits per heavy atom. The summed E-state index contributed by atoms with van der Waals surface area (Å²) in [6, 6.07) is 13.1. The summed E-state index contributed by atoms with van der Waals surface area (Å²) in [5, 5.41) is 0. The molecule has 4 rings (SSSR count). The normalized spacial score (nSPS) is 13.2. The number of esters is 1. The van der Waals surface area contributed by atoms with Gasteiger partial charge in [-0.05, 0) is 61.4 Å². The summed E-state index contributed by atoms with van der Waals surface area (Å²) < 4.78 is 8.30. The maximum absolute atomic E-state index is 12.8. The molecule has 2 aromatic carbocycles. The SMILES string of the molecule is CCCn1c(=O)n(CC(=O)OCC(=O)c2ccc3c(c2)CCCC3)c2ccccc21. The second kappa shape index (κ2) is 8.69. The first kappa shape index (κ1) is 20.1. The lowest BCUT2D eigenvalue weighted by Crippen LogP contribution is -2.28. The lowest BCUT2D eigenvalue weighted by molar-refractivity contribution is -0.143. The Labute approximate surface area is 175 Å². The number of carbonyl (C=O) groups is 2. The molecule has 1 aliphatic rings. The molecule has 6 heteroatoms. The van der Waals surface area contributed by atoms with Crippen molar-refractivity contribution < 1.29 is 14.3 Å². The first-order valence-corrected chi connectivity index (χ1v) is 10.6. The van der Waals surface area contributed by atoms with Gasteiger partial charge in [0.2, 0.25) is 0 Å². The number of imidazole rings is 1. The number of carbonyl (C=O) groups excluding carboxylic acids is 2. The van der Waals surface area contributed by atoms with E-state index < -0.39 is 5.97 Å².